The van der Waals surface area contributed by atoms with E-state index >= 15 is 0 Å². The van der Waals surface area contributed by atoms with Gasteiger partial charge in [-0.2, -0.15) is 5.10 Å². The number of anilines is 1. The molecule has 0 unspecified atom stereocenters. The Morgan fingerprint density at radius 2 is 1.82 bits per heavy atom. The van der Waals surface area contributed by atoms with E-state index in [9.17, 15) is 14.0 Å². The van der Waals surface area contributed by atoms with E-state index in [-0.39, 0.29) is 0 Å². The number of hydrazone groups is 1. The highest BCUT2D eigenvalue weighted by Crippen LogP contribution is 2.10. The Hall–Kier alpha value is -2.54. The van der Waals surface area contributed by atoms with Crippen molar-refractivity contribution in [3.05, 3.63) is 64.4 Å². The van der Waals surface area contributed by atoms with Crippen LogP contribution in [0.2, 0.25) is 0 Å². The second-order valence-electron chi connectivity index (χ2n) is 4.22. The third-order valence-corrected chi connectivity index (χ3v) is 3.03. The van der Waals surface area contributed by atoms with Crippen LogP contribution in [-0.2, 0) is 9.59 Å². The summed E-state index contributed by atoms with van der Waals surface area (Å²) >= 11 is 3.31. The SMILES string of the molecule is O=C(NN=Cc1cccc(Br)c1)C(=O)Nc1ccc(F)cc1. The van der Waals surface area contributed by atoms with Crippen LogP contribution >= 0.6 is 15.9 Å². The van der Waals surface area contributed by atoms with Crippen LogP contribution in [0.15, 0.2) is 58.1 Å². The summed E-state index contributed by atoms with van der Waals surface area (Å²) in [4.78, 5) is 23.1. The van der Waals surface area contributed by atoms with Crippen molar-refractivity contribution in [1.82, 2.24) is 5.43 Å². The molecule has 5 nitrogen and oxygen atoms in total. The van der Waals surface area contributed by atoms with Crippen LogP contribution < -0.4 is 10.7 Å². The molecule has 2 aromatic carbocycles. The molecule has 2 N–H and O–H groups in total. The Morgan fingerprint density at radius 3 is 2.50 bits per heavy atom. The van der Waals surface area contributed by atoms with Crippen LogP contribution in [0, 0.1) is 5.82 Å². The monoisotopic (exact) mass is 363 g/mol. The number of amides is 2. The maximum Gasteiger partial charge on any atom is 0.329 e. The van der Waals surface area contributed by atoms with Gasteiger partial charge in [0.1, 0.15) is 5.82 Å². The first-order valence-corrected chi connectivity index (χ1v) is 6.99. The van der Waals surface area contributed by atoms with Gasteiger partial charge in [-0.1, -0.05) is 28.1 Å². The molecule has 0 aliphatic heterocycles. The first kappa shape index (κ1) is 15.8. The second-order valence-corrected chi connectivity index (χ2v) is 5.13. The normalized spacial score (nSPS) is 10.5. The predicted molar refractivity (Wildman–Crippen MR) is 84.9 cm³/mol. The number of halogens is 2. The highest BCUT2D eigenvalue weighted by atomic mass is 79.9. The molecule has 0 bridgehead atoms. The fourth-order valence-electron chi connectivity index (χ4n) is 1.52. The average molecular weight is 364 g/mol. The van der Waals surface area contributed by atoms with Gasteiger partial charge < -0.3 is 5.32 Å². The quantitative estimate of drug-likeness (QED) is 0.500. The molecule has 112 valence electrons. The van der Waals surface area contributed by atoms with E-state index in [1.54, 1.807) is 12.1 Å². The second kappa shape index (κ2) is 7.46. The van der Waals surface area contributed by atoms with Crippen LogP contribution in [0.3, 0.4) is 0 Å². The smallest absolute Gasteiger partial charge is 0.318 e. The van der Waals surface area contributed by atoms with Crippen LogP contribution in [0.25, 0.3) is 0 Å². The molecule has 0 aromatic heterocycles. The molecule has 0 aliphatic carbocycles. The lowest BCUT2D eigenvalue weighted by Crippen LogP contribution is -2.32. The molecule has 0 spiro atoms. The molecule has 0 heterocycles. The van der Waals surface area contributed by atoms with Crippen molar-refractivity contribution in [2.75, 3.05) is 5.32 Å². The zero-order valence-corrected chi connectivity index (χ0v) is 12.8. The Balaban J connectivity index is 1.89. The maximum absolute atomic E-state index is 12.7. The van der Waals surface area contributed by atoms with E-state index in [0.29, 0.717) is 5.69 Å². The molecular formula is C15H11BrFN3O2. The molecule has 2 amide bonds. The summed E-state index contributed by atoms with van der Waals surface area (Å²) in [6.45, 7) is 0. The standard InChI is InChI=1S/C15H11BrFN3O2/c16-11-3-1-2-10(8-11)9-18-20-15(22)14(21)19-13-6-4-12(17)5-7-13/h1-9H,(H,19,21)(H,20,22). The summed E-state index contributed by atoms with van der Waals surface area (Å²) in [5.41, 5.74) is 3.19. The van der Waals surface area contributed by atoms with Gasteiger partial charge in [-0.05, 0) is 42.0 Å². The number of nitrogens with one attached hydrogen (secondary N) is 2. The fraction of sp³-hybridized carbons (Fsp3) is 0. The van der Waals surface area contributed by atoms with E-state index in [0.717, 1.165) is 10.0 Å². The molecule has 0 fully saturated rings. The summed E-state index contributed by atoms with van der Waals surface area (Å²) in [6.07, 6.45) is 1.41. The number of carbonyl (C=O) groups excluding carboxylic acids is 2. The summed E-state index contributed by atoms with van der Waals surface area (Å²) in [5, 5.41) is 6.02. The minimum Gasteiger partial charge on any atom is -0.318 e. The van der Waals surface area contributed by atoms with E-state index < -0.39 is 17.6 Å². The van der Waals surface area contributed by atoms with Gasteiger partial charge in [0.15, 0.2) is 0 Å². The van der Waals surface area contributed by atoms with Crippen molar-refractivity contribution in [3.63, 3.8) is 0 Å². The van der Waals surface area contributed by atoms with E-state index in [4.69, 9.17) is 0 Å². The highest BCUT2D eigenvalue weighted by Gasteiger charge is 2.12. The third kappa shape index (κ3) is 4.78. The number of hydrogen-bond donors (Lipinski definition) is 2. The Bertz CT molecular complexity index is 717. The van der Waals surface area contributed by atoms with Gasteiger partial charge in [0, 0.05) is 10.2 Å². The van der Waals surface area contributed by atoms with Crippen molar-refractivity contribution in [1.29, 1.82) is 0 Å². The van der Waals surface area contributed by atoms with Crippen LogP contribution in [0.4, 0.5) is 10.1 Å². The molecule has 0 aliphatic rings. The van der Waals surface area contributed by atoms with E-state index in [1.165, 1.54) is 30.5 Å². The molecular weight excluding hydrogens is 353 g/mol. The van der Waals surface area contributed by atoms with Gasteiger partial charge >= 0.3 is 11.8 Å². The van der Waals surface area contributed by atoms with E-state index in [2.05, 4.69) is 31.8 Å². The van der Waals surface area contributed by atoms with Gasteiger partial charge in [0.05, 0.1) is 6.21 Å². The first-order valence-electron chi connectivity index (χ1n) is 6.20. The maximum atomic E-state index is 12.7. The van der Waals surface area contributed by atoms with Crippen molar-refractivity contribution in [2.45, 2.75) is 0 Å². The summed E-state index contributed by atoms with van der Waals surface area (Å²) in [6, 6.07) is 12.3. The molecule has 2 rings (SSSR count). The average Bonchev–Trinajstić information content (AvgIpc) is 2.49. The Kier molecular flexibility index (Phi) is 5.37. The summed E-state index contributed by atoms with van der Waals surface area (Å²) < 4.78 is 13.6. The van der Waals surface area contributed by atoms with Gasteiger partial charge in [-0.25, -0.2) is 9.82 Å². The largest absolute Gasteiger partial charge is 0.329 e. The fourth-order valence-corrected chi connectivity index (χ4v) is 1.94. The van der Waals surface area contributed by atoms with Crippen molar-refractivity contribution >= 4 is 39.6 Å². The lowest BCUT2D eigenvalue weighted by Gasteiger charge is -2.03. The Labute approximate surface area is 134 Å². The molecule has 22 heavy (non-hydrogen) atoms. The van der Waals surface area contributed by atoms with Gasteiger partial charge in [-0.15, -0.1) is 0 Å². The number of nitrogens with zero attached hydrogens (tertiary/aromatic N) is 1. The number of benzene rings is 2. The van der Waals surface area contributed by atoms with Gasteiger partial charge in [0.25, 0.3) is 0 Å². The molecule has 7 heteroatoms. The van der Waals surface area contributed by atoms with E-state index in [1.807, 2.05) is 12.1 Å². The minimum absolute atomic E-state index is 0.317. The highest BCUT2D eigenvalue weighted by molar-refractivity contribution is 9.10. The Morgan fingerprint density at radius 1 is 1.09 bits per heavy atom. The molecule has 0 radical (unpaired) electrons. The number of carbonyl (C=O) groups is 2. The van der Waals surface area contributed by atoms with Crippen molar-refractivity contribution in [3.8, 4) is 0 Å². The first-order chi connectivity index (χ1) is 10.5. The van der Waals surface area contributed by atoms with Crippen LogP contribution in [0.1, 0.15) is 5.56 Å². The zero-order chi connectivity index (χ0) is 15.9. The topological polar surface area (TPSA) is 70.6 Å². The number of rotatable bonds is 3. The molecule has 0 saturated carbocycles. The zero-order valence-electron chi connectivity index (χ0n) is 11.2. The molecule has 2 aromatic rings. The lowest BCUT2D eigenvalue weighted by atomic mass is 10.2. The van der Waals surface area contributed by atoms with Gasteiger partial charge in [-0.3, -0.25) is 9.59 Å². The lowest BCUT2D eigenvalue weighted by molar-refractivity contribution is -0.136. The summed E-state index contributed by atoms with van der Waals surface area (Å²) in [7, 11) is 0. The van der Waals surface area contributed by atoms with Gasteiger partial charge in [0.2, 0.25) is 0 Å². The minimum atomic E-state index is -0.921. The molecule has 0 atom stereocenters. The number of hydrogen-bond acceptors (Lipinski definition) is 3. The molecule has 0 saturated heterocycles. The van der Waals surface area contributed by atoms with Crippen LogP contribution in [0.5, 0.6) is 0 Å². The third-order valence-electron chi connectivity index (χ3n) is 2.54. The van der Waals surface area contributed by atoms with Crippen LogP contribution in [-0.4, -0.2) is 18.0 Å². The van der Waals surface area contributed by atoms with Crippen molar-refractivity contribution in [2.24, 2.45) is 5.10 Å². The summed E-state index contributed by atoms with van der Waals surface area (Å²) in [5.74, 6) is -2.24. The predicted octanol–water partition coefficient (Wildman–Crippen LogP) is 2.68. The van der Waals surface area contributed by atoms with Crippen molar-refractivity contribution < 1.29 is 14.0 Å².